The number of benzene rings is 1. The molecular weight excluding hydrogens is 298 g/mol. The van der Waals surface area contributed by atoms with Crippen LogP contribution in [0.5, 0.6) is 0 Å². The van der Waals surface area contributed by atoms with Crippen LogP contribution in [-0.2, 0) is 10.2 Å². The lowest BCUT2D eigenvalue weighted by Gasteiger charge is -2.41. The summed E-state index contributed by atoms with van der Waals surface area (Å²) >= 11 is 6.09. The minimum absolute atomic E-state index is 0.0174. The van der Waals surface area contributed by atoms with Gasteiger partial charge in [-0.15, -0.1) is 0 Å². The Morgan fingerprint density at radius 3 is 2.45 bits per heavy atom. The Morgan fingerprint density at radius 1 is 1.27 bits per heavy atom. The van der Waals surface area contributed by atoms with Gasteiger partial charge in [0.1, 0.15) is 0 Å². The van der Waals surface area contributed by atoms with Crippen molar-refractivity contribution in [3.63, 3.8) is 0 Å². The third kappa shape index (κ3) is 2.65. The van der Waals surface area contributed by atoms with E-state index in [0.717, 1.165) is 50.8 Å². The van der Waals surface area contributed by atoms with E-state index >= 15 is 0 Å². The second kappa shape index (κ2) is 5.86. The third-order valence-corrected chi connectivity index (χ3v) is 5.97. The van der Waals surface area contributed by atoms with Crippen molar-refractivity contribution < 1.29 is 9.90 Å². The van der Waals surface area contributed by atoms with Crippen LogP contribution < -0.4 is 0 Å². The summed E-state index contributed by atoms with van der Waals surface area (Å²) in [4.78, 5) is 15.0. The van der Waals surface area contributed by atoms with E-state index in [2.05, 4.69) is 6.92 Å². The lowest BCUT2D eigenvalue weighted by atomic mass is 9.76. The van der Waals surface area contributed by atoms with Crippen molar-refractivity contribution in [3.8, 4) is 0 Å². The Hall–Kier alpha value is -1.06. The van der Waals surface area contributed by atoms with Crippen LogP contribution in [0.4, 0.5) is 0 Å². The van der Waals surface area contributed by atoms with Crippen molar-refractivity contribution >= 4 is 17.5 Å². The number of halogens is 1. The number of carbonyl (C=O) groups is 1. The molecule has 1 saturated carbocycles. The molecular formula is C18H24ClNO2. The fraction of sp³-hybridized carbons (Fsp3) is 0.611. The summed E-state index contributed by atoms with van der Waals surface area (Å²) in [6, 6.07) is 7.73. The van der Waals surface area contributed by atoms with Gasteiger partial charge in [0.2, 0.25) is 5.91 Å². The standard InChI is InChI=1S/C18H24ClNO2/c1-2-17(13-21)8-10-20(11-9-17)16(22)18(6-7-18)14-4-3-5-15(19)12-14/h3-5,12,21H,2,6-11,13H2,1H3. The summed E-state index contributed by atoms with van der Waals surface area (Å²) in [5, 5.41) is 10.3. The van der Waals surface area contributed by atoms with E-state index < -0.39 is 0 Å². The van der Waals surface area contributed by atoms with Crippen molar-refractivity contribution in [1.82, 2.24) is 4.90 Å². The molecule has 120 valence electrons. The maximum atomic E-state index is 13.0. The summed E-state index contributed by atoms with van der Waals surface area (Å²) in [7, 11) is 0. The zero-order chi connectivity index (χ0) is 15.8. The summed E-state index contributed by atoms with van der Waals surface area (Å²) < 4.78 is 0. The molecule has 22 heavy (non-hydrogen) atoms. The summed E-state index contributed by atoms with van der Waals surface area (Å²) in [6.45, 7) is 3.87. The zero-order valence-corrected chi connectivity index (χ0v) is 13.9. The normalized spacial score (nSPS) is 22.4. The molecule has 0 unspecified atom stereocenters. The highest BCUT2D eigenvalue weighted by molar-refractivity contribution is 6.30. The number of rotatable bonds is 4. The molecule has 1 N–H and O–H groups in total. The number of aliphatic hydroxyl groups is 1. The van der Waals surface area contributed by atoms with Crippen LogP contribution in [0.1, 0.15) is 44.6 Å². The Morgan fingerprint density at radius 2 is 1.95 bits per heavy atom. The van der Waals surface area contributed by atoms with E-state index in [4.69, 9.17) is 11.6 Å². The maximum Gasteiger partial charge on any atom is 0.233 e. The van der Waals surface area contributed by atoms with E-state index in [0.29, 0.717) is 5.02 Å². The van der Waals surface area contributed by atoms with Gasteiger partial charge in [-0.2, -0.15) is 0 Å². The van der Waals surface area contributed by atoms with E-state index in [1.165, 1.54) is 0 Å². The number of carbonyl (C=O) groups excluding carboxylic acids is 1. The van der Waals surface area contributed by atoms with Crippen LogP contribution in [0.2, 0.25) is 5.02 Å². The van der Waals surface area contributed by atoms with E-state index in [-0.39, 0.29) is 23.3 Å². The molecule has 2 aliphatic rings. The average molecular weight is 322 g/mol. The molecule has 3 nitrogen and oxygen atoms in total. The van der Waals surface area contributed by atoms with Crippen molar-refractivity contribution in [2.24, 2.45) is 5.41 Å². The van der Waals surface area contributed by atoms with Gasteiger partial charge in [-0.3, -0.25) is 4.79 Å². The smallest absolute Gasteiger partial charge is 0.233 e. The first-order chi connectivity index (χ1) is 10.6. The molecule has 1 heterocycles. The zero-order valence-electron chi connectivity index (χ0n) is 13.1. The number of amides is 1. The predicted octanol–water partition coefficient (Wildman–Crippen LogP) is 3.38. The number of nitrogens with zero attached hydrogens (tertiary/aromatic N) is 1. The molecule has 1 aliphatic carbocycles. The van der Waals surface area contributed by atoms with Gasteiger partial charge < -0.3 is 10.0 Å². The minimum Gasteiger partial charge on any atom is -0.396 e. The van der Waals surface area contributed by atoms with E-state index in [9.17, 15) is 9.90 Å². The summed E-state index contributed by atoms with van der Waals surface area (Å²) in [5.41, 5.74) is 0.736. The SMILES string of the molecule is CCC1(CO)CCN(C(=O)C2(c3cccc(Cl)c3)CC2)CC1. The maximum absolute atomic E-state index is 13.0. The quantitative estimate of drug-likeness (QED) is 0.923. The van der Waals surface area contributed by atoms with Gasteiger partial charge in [-0.1, -0.05) is 30.7 Å². The van der Waals surface area contributed by atoms with Gasteiger partial charge in [0.15, 0.2) is 0 Å². The number of hydrogen-bond acceptors (Lipinski definition) is 2. The minimum atomic E-state index is -0.337. The van der Waals surface area contributed by atoms with Gasteiger partial charge in [0.25, 0.3) is 0 Å². The predicted molar refractivity (Wildman–Crippen MR) is 88.0 cm³/mol. The molecule has 1 aliphatic heterocycles. The Balaban J connectivity index is 1.73. The molecule has 1 aromatic rings. The van der Waals surface area contributed by atoms with Crippen LogP contribution in [-0.4, -0.2) is 35.6 Å². The molecule has 0 atom stereocenters. The first-order valence-electron chi connectivity index (χ1n) is 8.22. The summed E-state index contributed by atoms with van der Waals surface area (Å²) in [6.07, 6.45) is 4.61. The van der Waals surface area contributed by atoms with Crippen molar-refractivity contribution in [3.05, 3.63) is 34.9 Å². The monoisotopic (exact) mass is 321 g/mol. The molecule has 1 amide bonds. The van der Waals surface area contributed by atoms with Crippen LogP contribution in [0.25, 0.3) is 0 Å². The summed E-state index contributed by atoms with van der Waals surface area (Å²) in [5.74, 6) is 0.248. The molecule has 0 bridgehead atoms. The third-order valence-electron chi connectivity index (χ3n) is 5.73. The lowest BCUT2D eigenvalue weighted by molar-refractivity contribution is -0.137. The Kier molecular flexibility index (Phi) is 4.21. The van der Waals surface area contributed by atoms with Gasteiger partial charge in [-0.25, -0.2) is 0 Å². The highest BCUT2D eigenvalue weighted by Gasteiger charge is 2.53. The average Bonchev–Trinajstić information content (AvgIpc) is 3.36. The van der Waals surface area contributed by atoms with E-state index in [1.807, 2.05) is 29.2 Å². The largest absolute Gasteiger partial charge is 0.396 e. The van der Waals surface area contributed by atoms with Crippen LogP contribution in [0.15, 0.2) is 24.3 Å². The highest BCUT2D eigenvalue weighted by atomic mass is 35.5. The number of likely N-dealkylation sites (tertiary alicyclic amines) is 1. The van der Waals surface area contributed by atoms with Crippen LogP contribution >= 0.6 is 11.6 Å². The van der Waals surface area contributed by atoms with Gasteiger partial charge >= 0.3 is 0 Å². The molecule has 1 saturated heterocycles. The topological polar surface area (TPSA) is 40.5 Å². The number of hydrogen-bond donors (Lipinski definition) is 1. The first kappa shape index (κ1) is 15.8. The molecule has 3 rings (SSSR count). The second-order valence-corrected chi connectivity index (χ2v) is 7.33. The highest BCUT2D eigenvalue weighted by Crippen LogP contribution is 2.50. The van der Waals surface area contributed by atoms with Crippen molar-refractivity contribution in [1.29, 1.82) is 0 Å². The number of piperidine rings is 1. The molecule has 1 aromatic carbocycles. The van der Waals surface area contributed by atoms with Crippen molar-refractivity contribution in [2.45, 2.75) is 44.4 Å². The molecule has 0 radical (unpaired) electrons. The van der Waals surface area contributed by atoms with Gasteiger partial charge in [0, 0.05) is 24.7 Å². The first-order valence-corrected chi connectivity index (χ1v) is 8.59. The second-order valence-electron chi connectivity index (χ2n) is 6.90. The lowest BCUT2D eigenvalue weighted by Crippen LogP contribution is -2.48. The molecule has 2 fully saturated rings. The molecule has 0 spiro atoms. The fourth-order valence-electron chi connectivity index (χ4n) is 3.65. The Labute approximate surface area is 137 Å². The van der Waals surface area contributed by atoms with E-state index in [1.54, 1.807) is 0 Å². The van der Waals surface area contributed by atoms with Crippen LogP contribution in [0, 0.1) is 5.41 Å². The Bertz CT molecular complexity index is 554. The molecule has 4 heteroatoms. The molecule has 0 aromatic heterocycles. The van der Waals surface area contributed by atoms with Crippen molar-refractivity contribution in [2.75, 3.05) is 19.7 Å². The van der Waals surface area contributed by atoms with Gasteiger partial charge in [-0.05, 0) is 55.2 Å². The van der Waals surface area contributed by atoms with Crippen LogP contribution in [0.3, 0.4) is 0 Å². The van der Waals surface area contributed by atoms with Gasteiger partial charge in [0.05, 0.1) is 5.41 Å². The number of aliphatic hydroxyl groups excluding tert-OH is 1. The fourth-order valence-corrected chi connectivity index (χ4v) is 3.84.